The number of rotatable bonds is 6. The van der Waals surface area contributed by atoms with Gasteiger partial charge in [-0.25, -0.2) is 4.57 Å². The van der Waals surface area contributed by atoms with Crippen LogP contribution in [0.5, 0.6) is 5.75 Å². The maximum atomic E-state index is 12.4. The largest absolute Gasteiger partial charge is 0.464 e. The molecule has 2 rings (SSSR count). The highest BCUT2D eigenvalue weighted by Gasteiger charge is 2.29. The van der Waals surface area contributed by atoms with Crippen LogP contribution in [0.15, 0.2) is 42.5 Å². The van der Waals surface area contributed by atoms with Gasteiger partial charge in [0.1, 0.15) is 11.8 Å². The Labute approximate surface area is 147 Å². The fraction of sp³-hybridized carbons (Fsp3) is 0.389. The molecule has 0 saturated carbocycles. The number of carbonyl (C=O) groups is 1. The number of nitrogens with one attached hydrogen (secondary N) is 1. The third-order valence-corrected chi connectivity index (χ3v) is 4.49. The fourth-order valence-corrected chi connectivity index (χ4v) is 3.22. The van der Waals surface area contributed by atoms with Gasteiger partial charge in [-0.3, -0.25) is 4.79 Å². The molecule has 0 spiro atoms. The second kappa shape index (κ2) is 7.56. The highest BCUT2D eigenvalue weighted by Crippen LogP contribution is 2.41. The van der Waals surface area contributed by atoms with E-state index in [0.717, 1.165) is 5.39 Å². The average molecular weight is 365 g/mol. The van der Waals surface area contributed by atoms with Crippen LogP contribution in [0.4, 0.5) is 0 Å². The number of benzene rings is 2. The molecule has 0 aliphatic rings. The van der Waals surface area contributed by atoms with Gasteiger partial charge < -0.3 is 14.2 Å². The van der Waals surface area contributed by atoms with E-state index in [4.69, 9.17) is 9.26 Å². The van der Waals surface area contributed by atoms with Crippen LogP contribution in [0, 0.1) is 5.41 Å². The molecule has 0 aliphatic heterocycles. The van der Waals surface area contributed by atoms with Gasteiger partial charge in [0.25, 0.3) is 0 Å². The van der Waals surface area contributed by atoms with Crippen molar-refractivity contribution in [2.24, 2.45) is 5.41 Å². The molecular weight excluding hydrogens is 341 g/mol. The van der Waals surface area contributed by atoms with Crippen LogP contribution in [0.2, 0.25) is 0 Å². The SMILES string of the molecule is C[C@H](NP(=O)(O)Oc1cccc2ccccc12)C(=O)OCC(C)(C)C. The van der Waals surface area contributed by atoms with Crippen molar-refractivity contribution in [1.29, 1.82) is 0 Å². The van der Waals surface area contributed by atoms with Gasteiger partial charge in [-0.2, -0.15) is 5.09 Å². The first-order chi connectivity index (χ1) is 11.6. The van der Waals surface area contributed by atoms with Crippen LogP contribution in [0.1, 0.15) is 27.7 Å². The quantitative estimate of drug-likeness (QED) is 0.597. The molecule has 0 amide bonds. The van der Waals surface area contributed by atoms with Gasteiger partial charge >= 0.3 is 13.7 Å². The zero-order valence-electron chi connectivity index (χ0n) is 14.9. The van der Waals surface area contributed by atoms with Crippen LogP contribution in [0.3, 0.4) is 0 Å². The summed E-state index contributed by atoms with van der Waals surface area (Å²) in [6, 6.07) is 11.6. The number of esters is 1. The minimum absolute atomic E-state index is 0.183. The number of ether oxygens (including phenoxy) is 1. The second-order valence-corrected chi connectivity index (χ2v) is 8.59. The molecule has 2 atom stereocenters. The van der Waals surface area contributed by atoms with Crippen LogP contribution in [-0.4, -0.2) is 23.5 Å². The number of hydrogen-bond donors (Lipinski definition) is 2. The maximum absolute atomic E-state index is 12.4. The molecule has 7 heteroatoms. The van der Waals surface area contributed by atoms with E-state index in [-0.39, 0.29) is 17.8 Å². The molecule has 0 bridgehead atoms. The molecule has 2 N–H and O–H groups in total. The van der Waals surface area contributed by atoms with E-state index >= 15 is 0 Å². The Balaban J connectivity index is 2.06. The minimum atomic E-state index is -4.24. The van der Waals surface area contributed by atoms with E-state index in [0.29, 0.717) is 5.39 Å². The molecule has 2 aromatic carbocycles. The monoisotopic (exact) mass is 365 g/mol. The lowest BCUT2D eigenvalue weighted by Crippen LogP contribution is -2.35. The summed E-state index contributed by atoms with van der Waals surface area (Å²) in [4.78, 5) is 22.0. The lowest BCUT2D eigenvalue weighted by molar-refractivity contribution is -0.148. The average Bonchev–Trinajstić information content (AvgIpc) is 2.51. The summed E-state index contributed by atoms with van der Waals surface area (Å²) in [6.45, 7) is 7.47. The first-order valence-electron chi connectivity index (χ1n) is 8.02. The third-order valence-electron chi connectivity index (χ3n) is 3.33. The van der Waals surface area contributed by atoms with Crippen LogP contribution >= 0.6 is 7.75 Å². The van der Waals surface area contributed by atoms with Gasteiger partial charge in [0, 0.05) is 5.39 Å². The topological polar surface area (TPSA) is 84.9 Å². The van der Waals surface area contributed by atoms with Gasteiger partial charge in [0.15, 0.2) is 0 Å². The molecule has 1 unspecified atom stereocenters. The fourth-order valence-electron chi connectivity index (χ4n) is 2.15. The van der Waals surface area contributed by atoms with E-state index < -0.39 is 19.8 Å². The van der Waals surface area contributed by atoms with Crippen LogP contribution < -0.4 is 9.61 Å². The van der Waals surface area contributed by atoms with E-state index in [2.05, 4.69) is 5.09 Å². The van der Waals surface area contributed by atoms with Crippen molar-refractivity contribution < 1.29 is 23.5 Å². The molecule has 6 nitrogen and oxygen atoms in total. The highest BCUT2D eigenvalue weighted by atomic mass is 31.2. The van der Waals surface area contributed by atoms with Crippen molar-refractivity contribution in [1.82, 2.24) is 5.09 Å². The summed E-state index contributed by atoms with van der Waals surface area (Å²) in [6.07, 6.45) is 0. The van der Waals surface area contributed by atoms with Crippen LogP contribution in [0.25, 0.3) is 10.8 Å². The molecule has 0 fully saturated rings. The molecule has 25 heavy (non-hydrogen) atoms. The summed E-state index contributed by atoms with van der Waals surface area (Å²) >= 11 is 0. The van der Waals surface area contributed by atoms with Crippen molar-refractivity contribution in [2.75, 3.05) is 6.61 Å². The van der Waals surface area contributed by atoms with E-state index in [1.54, 1.807) is 18.2 Å². The first kappa shape index (κ1) is 19.4. The van der Waals surface area contributed by atoms with E-state index in [1.165, 1.54) is 6.92 Å². The molecular formula is C18H24NO5P. The lowest BCUT2D eigenvalue weighted by Gasteiger charge is -2.22. The Morgan fingerprint density at radius 2 is 1.84 bits per heavy atom. The lowest BCUT2D eigenvalue weighted by atomic mass is 9.99. The number of hydrogen-bond acceptors (Lipinski definition) is 4. The van der Waals surface area contributed by atoms with Crippen molar-refractivity contribution in [3.63, 3.8) is 0 Å². The van der Waals surface area contributed by atoms with Gasteiger partial charge in [-0.15, -0.1) is 0 Å². The molecule has 136 valence electrons. The van der Waals surface area contributed by atoms with E-state index in [9.17, 15) is 14.3 Å². The number of fused-ring (bicyclic) bond motifs is 1. The summed E-state index contributed by atoms with van der Waals surface area (Å²) < 4.78 is 22.8. The smallest absolute Gasteiger partial charge is 0.456 e. The summed E-state index contributed by atoms with van der Waals surface area (Å²) in [5.41, 5.74) is -0.183. The van der Waals surface area contributed by atoms with Crippen LogP contribution in [-0.2, 0) is 14.1 Å². The summed E-state index contributed by atoms with van der Waals surface area (Å²) in [5.74, 6) is -0.336. The second-order valence-electron chi connectivity index (χ2n) is 7.11. The molecule has 2 aromatic rings. The standard InChI is InChI=1S/C18H24NO5P/c1-13(17(20)23-12-18(2,3)4)19-25(21,22)24-16-11-7-9-14-8-5-6-10-15(14)16/h5-11,13H,12H2,1-4H3,(H2,19,21,22)/t13-/m0/s1. The summed E-state index contributed by atoms with van der Waals surface area (Å²) in [5, 5.41) is 3.92. The minimum Gasteiger partial charge on any atom is -0.464 e. The summed E-state index contributed by atoms with van der Waals surface area (Å²) in [7, 11) is -4.24. The van der Waals surface area contributed by atoms with Crippen molar-refractivity contribution in [3.05, 3.63) is 42.5 Å². The van der Waals surface area contributed by atoms with Gasteiger partial charge in [-0.1, -0.05) is 57.2 Å². The number of carbonyl (C=O) groups excluding carboxylic acids is 1. The van der Waals surface area contributed by atoms with Gasteiger partial charge in [-0.05, 0) is 23.8 Å². The Bertz CT molecular complexity index is 794. The van der Waals surface area contributed by atoms with Crippen molar-refractivity contribution in [3.8, 4) is 5.75 Å². The zero-order chi connectivity index (χ0) is 18.7. The first-order valence-corrected chi connectivity index (χ1v) is 9.60. The van der Waals surface area contributed by atoms with Gasteiger partial charge in [0.05, 0.1) is 6.61 Å². The molecule has 0 radical (unpaired) electrons. The van der Waals surface area contributed by atoms with Gasteiger partial charge in [0.2, 0.25) is 0 Å². The Hall–Kier alpha value is -1.88. The Morgan fingerprint density at radius 1 is 1.20 bits per heavy atom. The predicted molar refractivity (Wildman–Crippen MR) is 97.4 cm³/mol. The zero-order valence-corrected chi connectivity index (χ0v) is 15.7. The molecule has 0 aliphatic carbocycles. The third kappa shape index (κ3) is 5.85. The highest BCUT2D eigenvalue weighted by molar-refractivity contribution is 7.51. The maximum Gasteiger partial charge on any atom is 0.456 e. The van der Waals surface area contributed by atoms with Crippen molar-refractivity contribution >= 4 is 24.5 Å². The molecule has 0 heterocycles. The molecule has 0 aromatic heterocycles. The van der Waals surface area contributed by atoms with E-state index in [1.807, 2.05) is 45.0 Å². The Morgan fingerprint density at radius 3 is 2.52 bits per heavy atom. The predicted octanol–water partition coefficient (Wildman–Crippen LogP) is 3.89. The Kier molecular flexibility index (Phi) is 5.88. The molecule has 0 saturated heterocycles. The normalized spacial score (nSPS) is 15.4. The van der Waals surface area contributed by atoms with Crippen molar-refractivity contribution in [2.45, 2.75) is 33.7 Å².